The number of carbonyl (C=O) groups excluding carboxylic acids is 1. The first-order chi connectivity index (χ1) is 8.22. The van der Waals surface area contributed by atoms with E-state index in [1.807, 2.05) is 6.92 Å². The van der Waals surface area contributed by atoms with Crippen LogP contribution in [0.2, 0.25) is 0 Å². The molecule has 0 saturated heterocycles. The van der Waals surface area contributed by atoms with Crippen LogP contribution in [0.3, 0.4) is 0 Å². The van der Waals surface area contributed by atoms with E-state index < -0.39 is 0 Å². The van der Waals surface area contributed by atoms with Crippen molar-refractivity contribution in [3.05, 3.63) is 0 Å². The van der Waals surface area contributed by atoms with Gasteiger partial charge in [-0.1, -0.05) is 26.2 Å². The van der Waals surface area contributed by atoms with Gasteiger partial charge in [-0.15, -0.1) is 11.6 Å². The summed E-state index contributed by atoms with van der Waals surface area (Å²) in [5.74, 6) is 0.622. The van der Waals surface area contributed by atoms with Gasteiger partial charge >= 0.3 is 0 Å². The summed E-state index contributed by atoms with van der Waals surface area (Å²) in [6.45, 7) is 3.55. The molecule has 1 saturated carbocycles. The third-order valence-corrected chi connectivity index (χ3v) is 4.01. The maximum absolute atomic E-state index is 11.5. The molecule has 100 valence electrons. The Morgan fingerprint density at radius 2 is 2.06 bits per heavy atom. The Morgan fingerprint density at radius 3 is 2.65 bits per heavy atom. The Balaban J connectivity index is 2.24. The molecule has 1 fully saturated rings. The largest absolute Gasteiger partial charge is 0.372 e. The van der Waals surface area contributed by atoms with Crippen molar-refractivity contribution in [2.45, 2.75) is 45.4 Å². The Labute approximate surface area is 109 Å². The van der Waals surface area contributed by atoms with Gasteiger partial charge in [0.15, 0.2) is 0 Å². The molecule has 0 aromatic heterocycles. The third kappa shape index (κ3) is 5.26. The van der Waals surface area contributed by atoms with E-state index in [1.165, 1.54) is 19.3 Å². The zero-order valence-corrected chi connectivity index (χ0v) is 11.5. The second-order valence-corrected chi connectivity index (χ2v) is 5.29. The van der Waals surface area contributed by atoms with E-state index in [0.717, 1.165) is 19.3 Å². The minimum absolute atomic E-state index is 0.0199. The van der Waals surface area contributed by atoms with Crippen LogP contribution < -0.4 is 5.32 Å². The molecule has 1 amide bonds. The van der Waals surface area contributed by atoms with Gasteiger partial charge in [-0.25, -0.2) is 0 Å². The number of carbonyl (C=O) groups is 1. The predicted molar refractivity (Wildman–Crippen MR) is 70.4 cm³/mol. The van der Waals surface area contributed by atoms with Gasteiger partial charge in [-0.2, -0.15) is 0 Å². The van der Waals surface area contributed by atoms with Crippen LogP contribution in [0, 0.1) is 5.41 Å². The lowest BCUT2D eigenvalue weighted by atomic mass is 9.75. The highest BCUT2D eigenvalue weighted by atomic mass is 35.5. The molecule has 0 unspecified atom stereocenters. The summed E-state index contributed by atoms with van der Waals surface area (Å²) in [6.07, 6.45) is 6.97. The highest BCUT2D eigenvalue weighted by molar-refractivity contribution is 6.18. The number of hydrogen-bond donors (Lipinski definition) is 1. The van der Waals surface area contributed by atoms with E-state index in [1.54, 1.807) is 0 Å². The summed E-state index contributed by atoms with van der Waals surface area (Å²) in [6, 6.07) is 0. The van der Waals surface area contributed by atoms with Crippen molar-refractivity contribution in [1.82, 2.24) is 5.32 Å². The van der Waals surface area contributed by atoms with E-state index in [4.69, 9.17) is 16.3 Å². The van der Waals surface area contributed by atoms with Crippen LogP contribution in [0.15, 0.2) is 0 Å². The fraction of sp³-hybridized carbons (Fsp3) is 0.923. The van der Waals surface area contributed by atoms with Crippen molar-refractivity contribution in [2.24, 2.45) is 5.41 Å². The van der Waals surface area contributed by atoms with E-state index in [9.17, 15) is 4.79 Å². The number of alkyl halides is 1. The lowest BCUT2D eigenvalue weighted by Gasteiger charge is -2.35. The first-order valence-electron chi connectivity index (χ1n) is 6.63. The number of halogens is 1. The summed E-state index contributed by atoms with van der Waals surface area (Å²) in [5.41, 5.74) is 0.125. The van der Waals surface area contributed by atoms with Crippen LogP contribution >= 0.6 is 11.6 Å². The number of rotatable bonds is 7. The van der Waals surface area contributed by atoms with Gasteiger partial charge in [-0.05, 0) is 19.3 Å². The zero-order valence-electron chi connectivity index (χ0n) is 10.8. The fourth-order valence-corrected chi connectivity index (χ4v) is 2.67. The first-order valence-corrected chi connectivity index (χ1v) is 7.16. The van der Waals surface area contributed by atoms with Crippen molar-refractivity contribution < 1.29 is 9.53 Å². The lowest BCUT2D eigenvalue weighted by molar-refractivity contribution is -0.126. The number of hydrogen-bond acceptors (Lipinski definition) is 2. The number of ether oxygens (including phenoxy) is 1. The highest BCUT2D eigenvalue weighted by Crippen LogP contribution is 2.36. The van der Waals surface area contributed by atoms with Gasteiger partial charge in [0, 0.05) is 24.4 Å². The molecule has 1 aliphatic carbocycles. The van der Waals surface area contributed by atoms with E-state index in [-0.39, 0.29) is 17.9 Å². The molecule has 0 atom stereocenters. The van der Waals surface area contributed by atoms with Crippen LogP contribution in [0.4, 0.5) is 0 Å². The number of amides is 1. The second-order valence-electron chi connectivity index (χ2n) is 5.02. The average Bonchev–Trinajstić information content (AvgIpc) is 2.38. The molecule has 3 nitrogen and oxygen atoms in total. The molecular formula is C13H24ClNO2. The third-order valence-electron chi connectivity index (χ3n) is 3.44. The monoisotopic (exact) mass is 261 g/mol. The summed E-state index contributed by atoms with van der Waals surface area (Å²) >= 11 is 6.06. The predicted octanol–water partition coefficient (Wildman–Crippen LogP) is 2.72. The fourth-order valence-electron chi connectivity index (χ4n) is 2.31. The highest BCUT2D eigenvalue weighted by Gasteiger charge is 2.31. The molecule has 1 N–H and O–H groups in total. The molecule has 4 heteroatoms. The van der Waals surface area contributed by atoms with Crippen molar-refractivity contribution in [2.75, 3.05) is 25.6 Å². The standard InChI is InChI=1S/C13H24ClNO2/c1-2-8-17-9-12(16)15-11-13(10-14)6-4-3-5-7-13/h2-11H2,1H3,(H,15,16). The summed E-state index contributed by atoms with van der Waals surface area (Å²) < 4.78 is 5.21. The Morgan fingerprint density at radius 1 is 1.35 bits per heavy atom. The van der Waals surface area contributed by atoms with Gasteiger partial charge < -0.3 is 10.1 Å². The van der Waals surface area contributed by atoms with E-state index in [0.29, 0.717) is 19.0 Å². The van der Waals surface area contributed by atoms with Crippen molar-refractivity contribution in [1.29, 1.82) is 0 Å². The van der Waals surface area contributed by atoms with Crippen molar-refractivity contribution in [3.63, 3.8) is 0 Å². The van der Waals surface area contributed by atoms with Gasteiger partial charge in [0.05, 0.1) is 0 Å². The molecule has 17 heavy (non-hydrogen) atoms. The summed E-state index contributed by atoms with van der Waals surface area (Å²) in [4.78, 5) is 11.5. The van der Waals surface area contributed by atoms with Gasteiger partial charge in [0.2, 0.25) is 5.91 Å². The first kappa shape index (κ1) is 14.8. The van der Waals surface area contributed by atoms with Crippen molar-refractivity contribution in [3.8, 4) is 0 Å². The van der Waals surface area contributed by atoms with Crippen molar-refractivity contribution >= 4 is 17.5 Å². The van der Waals surface area contributed by atoms with Crippen LogP contribution in [0.5, 0.6) is 0 Å². The van der Waals surface area contributed by atoms with E-state index in [2.05, 4.69) is 5.32 Å². The molecular weight excluding hydrogens is 238 g/mol. The second kappa shape index (κ2) is 7.93. The molecule has 0 radical (unpaired) electrons. The average molecular weight is 262 g/mol. The van der Waals surface area contributed by atoms with Crippen LogP contribution in [-0.4, -0.2) is 31.5 Å². The minimum Gasteiger partial charge on any atom is -0.372 e. The molecule has 1 aliphatic rings. The maximum Gasteiger partial charge on any atom is 0.246 e. The van der Waals surface area contributed by atoms with E-state index >= 15 is 0 Å². The topological polar surface area (TPSA) is 38.3 Å². The molecule has 0 aliphatic heterocycles. The maximum atomic E-state index is 11.5. The zero-order chi connectivity index (χ0) is 12.6. The summed E-state index contributed by atoms with van der Waals surface area (Å²) in [5, 5.41) is 2.95. The van der Waals surface area contributed by atoms with Gasteiger partial charge in [0.1, 0.15) is 6.61 Å². The molecule has 0 aromatic rings. The quantitative estimate of drug-likeness (QED) is 0.565. The van der Waals surface area contributed by atoms with Gasteiger partial charge in [-0.3, -0.25) is 4.79 Å². The lowest BCUT2D eigenvalue weighted by Crippen LogP contribution is -2.41. The normalized spacial score (nSPS) is 18.9. The van der Waals surface area contributed by atoms with Crippen LogP contribution in [0.1, 0.15) is 45.4 Å². The van der Waals surface area contributed by atoms with Crippen LogP contribution in [0.25, 0.3) is 0 Å². The molecule has 1 rings (SSSR count). The molecule has 0 aromatic carbocycles. The Bertz CT molecular complexity index is 227. The summed E-state index contributed by atoms with van der Waals surface area (Å²) in [7, 11) is 0. The molecule has 0 spiro atoms. The minimum atomic E-state index is -0.0199. The molecule has 0 bridgehead atoms. The van der Waals surface area contributed by atoms with Gasteiger partial charge in [0.25, 0.3) is 0 Å². The van der Waals surface area contributed by atoms with Crippen LogP contribution in [-0.2, 0) is 9.53 Å². The number of nitrogens with one attached hydrogen (secondary N) is 1. The Kier molecular flexibility index (Phi) is 6.90. The molecule has 0 heterocycles. The smallest absolute Gasteiger partial charge is 0.246 e. The SMILES string of the molecule is CCCOCC(=O)NCC1(CCl)CCCCC1. The Hall–Kier alpha value is -0.280.